The van der Waals surface area contributed by atoms with Crippen LogP contribution < -0.4 is 5.32 Å². The molecule has 1 saturated carbocycles. The van der Waals surface area contributed by atoms with Crippen molar-refractivity contribution < 1.29 is 13.2 Å². The molecule has 0 atom stereocenters. The number of sulfonamides is 1. The minimum absolute atomic E-state index is 0.00604. The van der Waals surface area contributed by atoms with Crippen molar-refractivity contribution >= 4 is 44.8 Å². The van der Waals surface area contributed by atoms with Crippen molar-refractivity contribution in [1.29, 1.82) is 0 Å². The maximum atomic E-state index is 12.1. The number of hydrogen-bond acceptors (Lipinski definition) is 3. The molecule has 1 aliphatic rings. The Morgan fingerprint density at radius 3 is 2.46 bits per heavy atom. The van der Waals surface area contributed by atoms with Crippen LogP contribution in [0.1, 0.15) is 38.5 Å². The highest BCUT2D eigenvalue weighted by Gasteiger charge is 2.28. The number of halogens is 2. The molecule has 1 amide bonds. The van der Waals surface area contributed by atoms with E-state index in [0.29, 0.717) is 15.7 Å². The number of rotatable bonds is 6. The normalized spacial score (nSPS) is 16.3. The van der Waals surface area contributed by atoms with E-state index in [0.717, 1.165) is 32.1 Å². The average Bonchev–Trinajstić information content (AvgIpc) is 2.51. The molecule has 0 unspecified atom stereocenters. The number of nitrogens with one attached hydrogen (secondary N) is 1. The number of benzene rings is 1. The third-order valence-electron chi connectivity index (χ3n) is 4.17. The summed E-state index contributed by atoms with van der Waals surface area (Å²) < 4.78 is 25.6. The molecule has 0 spiro atoms. The molecule has 0 heterocycles. The van der Waals surface area contributed by atoms with Gasteiger partial charge in [0.05, 0.1) is 16.3 Å². The molecular weight excluding hydrogens is 371 g/mol. The topological polar surface area (TPSA) is 66.5 Å². The van der Waals surface area contributed by atoms with E-state index >= 15 is 0 Å². The molecule has 0 saturated heterocycles. The van der Waals surface area contributed by atoms with Crippen molar-refractivity contribution in [3.63, 3.8) is 0 Å². The number of carbonyl (C=O) groups excluding carboxylic acids is 1. The lowest BCUT2D eigenvalue weighted by Crippen LogP contribution is -2.42. The van der Waals surface area contributed by atoms with Crippen LogP contribution in [0.25, 0.3) is 0 Å². The Kier molecular flexibility index (Phi) is 6.92. The Balaban J connectivity index is 1.95. The first-order valence-electron chi connectivity index (χ1n) is 7.99. The Labute approximate surface area is 153 Å². The van der Waals surface area contributed by atoms with E-state index in [1.54, 1.807) is 18.2 Å². The molecule has 1 aromatic carbocycles. The van der Waals surface area contributed by atoms with E-state index in [1.807, 2.05) is 0 Å². The molecule has 1 aliphatic carbocycles. The summed E-state index contributed by atoms with van der Waals surface area (Å²) in [6.07, 6.45) is 6.25. The van der Waals surface area contributed by atoms with Crippen LogP contribution in [0.5, 0.6) is 0 Å². The zero-order chi connectivity index (χ0) is 17.7. The Bertz CT molecular complexity index is 689. The zero-order valence-corrected chi connectivity index (χ0v) is 15.9. The number of anilines is 1. The smallest absolute Gasteiger partial charge is 0.225 e. The van der Waals surface area contributed by atoms with Gasteiger partial charge in [-0.25, -0.2) is 8.42 Å². The molecule has 0 aromatic heterocycles. The molecule has 5 nitrogen and oxygen atoms in total. The third-order valence-corrected chi connectivity index (χ3v) is 6.24. The van der Waals surface area contributed by atoms with Crippen molar-refractivity contribution in [3.8, 4) is 0 Å². The fraction of sp³-hybridized carbons (Fsp3) is 0.562. The molecule has 1 fully saturated rings. The fourth-order valence-electron chi connectivity index (χ4n) is 3.00. The van der Waals surface area contributed by atoms with Crippen molar-refractivity contribution in [2.45, 2.75) is 44.6 Å². The first kappa shape index (κ1) is 19.5. The first-order chi connectivity index (χ1) is 11.3. The van der Waals surface area contributed by atoms with Crippen LogP contribution in [0.3, 0.4) is 0 Å². The second-order valence-corrected chi connectivity index (χ2v) is 8.84. The summed E-state index contributed by atoms with van der Waals surface area (Å²) in [5, 5.41) is 3.48. The lowest BCUT2D eigenvalue weighted by Gasteiger charge is -2.32. The number of amides is 1. The van der Waals surface area contributed by atoms with Gasteiger partial charge in [-0.15, -0.1) is 0 Å². The molecule has 1 aromatic rings. The second kappa shape index (κ2) is 8.52. The van der Waals surface area contributed by atoms with Gasteiger partial charge in [-0.3, -0.25) is 4.79 Å². The van der Waals surface area contributed by atoms with Gasteiger partial charge in [-0.05, 0) is 31.0 Å². The minimum atomic E-state index is -3.33. The van der Waals surface area contributed by atoms with Crippen molar-refractivity contribution in [2.24, 2.45) is 0 Å². The predicted octanol–water partition coefficient (Wildman–Crippen LogP) is 3.92. The summed E-state index contributed by atoms with van der Waals surface area (Å²) in [6, 6.07) is 4.83. The standard InChI is InChI=1S/C16H22Cl2N2O3S/c1-24(22,23)20(13-5-3-2-4-6-13)10-9-16(21)19-12-7-8-14(17)15(18)11-12/h7-8,11,13H,2-6,9-10H2,1H3,(H,19,21). The van der Waals surface area contributed by atoms with Gasteiger partial charge < -0.3 is 5.32 Å². The van der Waals surface area contributed by atoms with Gasteiger partial charge in [-0.2, -0.15) is 4.31 Å². The predicted molar refractivity (Wildman–Crippen MR) is 98.1 cm³/mol. The number of carbonyl (C=O) groups is 1. The quantitative estimate of drug-likeness (QED) is 0.797. The van der Waals surface area contributed by atoms with Gasteiger partial charge in [0.15, 0.2) is 0 Å². The summed E-state index contributed by atoms with van der Waals surface area (Å²) in [4.78, 5) is 12.1. The molecule has 24 heavy (non-hydrogen) atoms. The monoisotopic (exact) mass is 392 g/mol. The molecule has 0 aliphatic heterocycles. The van der Waals surface area contributed by atoms with Gasteiger partial charge in [0, 0.05) is 24.7 Å². The van der Waals surface area contributed by atoms with Gasteiger partial charge >= 0.3 is 0 Å². The van der Waals surface area contributed by atoms with Crippen LogP contribution in [-0.2, 0) is 14.8 Å². The molecular formula is C16H22Cl2N2O3S. The molecule has 134 valence electrons. The summed E-state index contributed by atoms with van der Waals surface area (Å²) in [5.74, 6) is -0.252. The van der Waals surface area contributed by atoms with E-state index in [2.05, 4.69) is 5.32 Å². The SMILES string of the molecule is CS(=O)(=O)N(CCC(=O)Nc1ccc(Cl)c(Cl)c1)C1CCCCC1. The largest absolute Gasteiger partial charge is 0.326 e. The van der Waals surface area contributed by atoms with E-state index in [4.69, 9.17) is 23.2 Å². The van der Waals surface area contributed by atoms with Crippen molar-refractivity contribution in [1.82, 2.24) is 4.31 Å². The molecule has 0 bridgehead atoms. The Morgan fingerprint density at radius 1 is 1.21 bits per heavy atom. The first-order valence-corrected chi connectivity index (χ1v) is 10.6. The van der Waals surface area contributed by atoms with Crippen LogP contribution in [0.2, 0.25) is 10.0 Å². The van der Waals surface area contributed by atoms with E-state index < -0.39 is 10.0 Å². The van der Waals surface area contributed by atoms with E-state index in [9.17, 15) is 13.2 Å². The highest BCUT2D eigenvalue weighted by atomic mass is 35.5. The highest BCUT2D eigenvalue weighted by molar-refractivity contribution is 7.88. The summed E-state index contributed by atoms with van der Waals surface area (Å²) in [7, 11) is -3.33. The fourth-order valence-corrected chi connectivity index (χ4v) is 4.47. The van der Waals surface area contributed by atoms with Gasteiger partial charge in [0.1, 0.15) is 0 Å². The number of hydrogen-bond donors (Lipinski definition) is 1. The molecule has 2 rings (SSSR count). The van der Waals surface area contributed by atoms with Crippen molar-refractivity contribution in [2.75, 3.05) is 18.1 Å². The number of nitrogens with zero attached hydrogens (tertiary/aromatic N) is 1. The van der Waals surface area contributed by atoms with Crippen LogP contribution in [0.15, 0.2) is 18.2 Å². The van der Waals surface area contributed by atoms with Crippen LogP contribution in [0.4, 0.5) is 5.69 Å². The second-order valence-electron chi connectivity index (χ2n) is 6.09. The van der Waals surface area contributed by atoms with Crippen LogP contribution in [-0.4, -0.2) is 37.5 Å². The van der Waals surface area contributed by atoms with Gasteiger partial charge in [-0.1, -0.05) is 42.5 Å². The summed E-state index contributed by atoms with van der Waals surface area (Å²) in [5.41, 5.74) is 0.540. The summed E-state index contributed by atoms with van der Waals surface area (Å²) in [6.45, 7) is 0.191. The van der Waals surface area contributed by atoms with Gasteiger partial charge in [0.25, 0.3) is 0 Å². The molecule has 1 N–H and O–H groups in total. The van der Waals surface area contributed by atoms with Crippen LogP contribution >= 0.6 is 23.2 Å². The summed E-state index contributed by atoms with van der Waals surface area (Å²) >= 11 is 11.8. The molecule has 0 radical (unpaired) electrons. The lowest BCUT2D eigenvalue weighted by molar-refractivity contribution is -0.116. The van der Waals surface area contributed by atoms with E-state index in [-0.39, 0.29) is 24.9 Å². The highest BCUT2D eigenvalue weighted by Crippen LogP contribution is 2.26. The van der Waals surface area contributed by atoms with Gasteiger partial charge in [0.2, 0.25) is 15.9 Å². The maximum absolute atomic E-state index is 12.1. The maximum Gasteiger partial charge on any atom is 0.225 e. The average molecular weight is 393 g/mol. The van der Waals surface area contributed by atoms with E-state index in [1.165, 1.54) is 10.6 Å². The lowest BCUT2D eigenvalue weighted by atomic mass is 9.95. The Morgan fingerprint density at radius 2 is 1.88 bits per heavy atom. The molecule has 8 heteroatoms. The van der Waals surface area contributed by atoms with Crippen LogP contribution in [0, 0.1) is 0 Å². The zero-order valence-electron chi connectivity index (χ0n) is 13.6. The minimum Gasteiger partial charge on any atom is -0.326 e. The third kappa shape index (κ3) is 5.62. The Hall–Kier alpha value is -0.820. The van der Waals surface area contributed by atoms with Crippen molar-refractivity contribution in [3.05, 3.63) is 28.2 Å².